The lowest BCUT2D eigenvalue weighted by Gasteiger charge is -2.18. The van der Waals surface area contributed by atoms with E-state index in [4.69, 9.17) is 9.47 Å². The minimum absolute atomic E-state index is 0.505. The molecule has 1 N–H and O–H groups in total. The van der Waals surface area contributed by atoms with Crippen LogP contribution in [0.1, 0.15) is 37.8 Å². The maximum absolute atomic E-state index is 6.02. The first kappa shape index (κ1) is 19.3. The summed E-state index contributed by atoms with van der Waals surface area (Å²) in [6.07, 6.45) is 4.18. The summed E-state index contributed by atoms with van der Waals surface area (Å²) in [4.78, 5) is 0. The van der Waals surface area contributed by atoms with E-state index in [0.717, 1.165) is 43.7 Å². The van der Waals surface area contributed by atoms with Crippen molar-refractivity contribution in [3.8, 4) is 11.5 Å². The Kier molecular flexibility index (Phi) is 8.33. The molecule has 0 radical (unpaired) electrons. The summed E-state index contributed by atoms with van der Waals surface area (Å²) < 4.78 is 11.5. The van der Waals surface area contributed by atoms with Gasteiger partial charge < -0.3 is 14.8 Å². The predicted octanol–water partition coefficient (Wildman–Crippen LogP) is 4.64. The molecule has 2 aromatic rings. The van der Waals surface area contributed by atoms with Gasteiger partial charge in [-0.3, -0.25) is 0 Å². The fraction of sp³-hybridized carbons (Fsp3) is 0.455. The molecule has 0 saturated carbocycles. The van der Waals surface area contributed by atoms with Crippen LogP contribution in [0.4, 0.5) is 0 Å². The molecule has 0 aliphatic rings. The Morgan fingerprint density at radius 1 is 0.960 bits per heavy atom. The van der Waals surface area contributed by atoms with Gasteiger partial charge in [-0.1, -0.05) is 50.2 Å². The van der Waals surface area contributed by atoms with Gasteiger partial charge in [0, 0.05) is 12.5 Å². The molecule has 0 heterocycles. The highest BCUT2D eigenvalue weighted by Crippen LogP contribution is 2.29. The van der Waals surface area contributed by atoms with Crippen molar-refractivity contribution in [2.45, 2.75) is 45.6 Å². The second-order valence-corrected chi connectivity index (χ2v) is 6.33. The van der Waals surface area contributed by atoms with Crippen molar-refractivity contribution in [3.05, 3.63) is 59.7 Å². The normalized spacial score (nSPS) is 12.0. The molecule has 1 atom stereocenters. The summed E-state index contributed by atoms with van der Waals surface area (Å²) in [5, 5.41) is 3.61. The number of methoxy groups -OCH3 is 1. The van der Waals surface area contributed by atoms with Gasteiger partial charge in [-0.2, -0.15) is 0 Å². The molecule has 3 heteroatoms. The summed E-state index contributed by atoms with van der Waals surface area (Å²) in [7, 11) is 1.69. The minimum atomic E-state index is 0.505. The van der Waals surface area contributed by atoms with Crippen molar-refractivity contribution < 1.29 is 9.47 Å². The Bertz CT molecular complexity index is 613. The molecule has 0 spiro atoms. The van der Waals surface area contributed by atoms with Crippen molar-refractivity contribution in [2.24, 2.45) is 0 Å². The highest BCUT2D eigenvalue weighted by atomic mass is 16.5. The molecule has 3 nitrogen and oxygen atoms in total. The molecule has 2 rings (SSSR count). The number of benzene rings is 2. The van der Waals surface area contributed by atoms with Crippen molar-refractivity contribution in [3.63, 3.8) is 0 Å². The quantitative estimate of drug-likeness (QED) is 0.646. The van der Waals surface area contributed by atoms with Gasteiger partial charge in [0.25, 0.3) is 0 Å². The van der Waals surface area contributed by atoms with Crippen LogP contribution in [0.3, 0.4) is 0 Å². The zero-order valence-electron chi connectivity index (χ0n) is 15.8. The van der Waals surface area contributed by atoms with Crippen LogP contribution in [0.5, 0.6) is 11.5 Å². The van der Waals surface area contributed by atoms with Gasteiger partial charge in [-0.05, 0) is 49.1 Å². The molecule has 0 saturated heterocycles. The van der Waals surface area contributed by atoms with Crippen molar-refractivity contribution in [1.29, 1.82) is 0 Å². The first-order valence-electron chi connectivity index (χ1n) is 9.33. The van der Waals surface area contributed by atoms with E-state index in [1.54, 1.807) is 7.11 Å². The maximum atomic E-state index is 6.02. The number of hydrogen-bond donors (Lipinski definition) is 1. The number of nitrogens with one attached hydrogen (secondary N) is 1. The van der Waals surface area contributed by atoms with E-state index in [9.17, 15) is 0 Å². The Morgan fingerprint density at radius 2 is 1.76 bits per heavy atom. The second-order valence-electron chi connectivity index (χ2n) is 6.33. The summed E-state index contributed by atoms with van der Waals surface area (Å²) in [5.74, 6) is 1.63. The van der Waals surface area contributed by atoms with Gasteiger partial charge in [0.15, 0.2) is 11.5 Å². The standard InChI is InChI=1S/C22H31NO2/c1-4-14-23-20(5-2)16-19-11-12-21(24-3)22(17-19)25-15-13-18-9-7-6-8-10-18/h6-12,17,20,23H,4-5,13-16H2,1-3H3/t20-/m1/s1. The molecule has 0 aliphatic heterocycles. The molecule has 25 heavy (non-hydrogen) atoms. The Morgan fingerprint density at radius 3 is 2.44 bits per heavy atom. The Labute approximate surface area is 152 Å². The minimum Gasteiger partial charge on any atom is -0.493 e. The highest BCUT2D eigenvalue weighted by molar-refractivity contribution is 5.43. The van der Waals surface area contributed by atoms with Gasteiger partial charge in [-0.25, -0.2) is 0 Å². The average Bonchev–Trinajstić information content (AvgIpc) is 2.66. The molecular weight excluding hydrogens is 310 g/mol. The van der Waals surface area contributed by atoms with Crippen LogP contribution in [0.25, 0.3) is 0 Å². The zero-order valence-corrected chi connectivity index (χ0v) is 15.8. The number of hydrogen-bond acceptors (Lipinski definition) is 3. The molecule has 0 aliphatic carbocycles. The molecule has 0 aromatic heterocycles. The summed E-state index contributed by atoms with van der Waals surface area (Å²) >= 11 is 0. The van der Waals surface area contributed by atoms with Crippen LogP contribution in [-0.4, -0.2) is 26.3 Å². The first-order valence-corrected chi connectivity index (χ1v) is 9.33. The lowest BCUT2D eigenvalue weighted by Crippen LogP contribution is -2.31. The molecule has 0 unspecified atom stereocenters. The zero-order chi connectivity index (χ0) is 17.9. The third-order valence-electron chi connectivity index (χ3n) is 4.38. The summed E-state index contributed by atoms with van der Waals surface area (Å²) in [6.45, 7) is 6.14. The molecule has 0 bridgehead atoms. The predicted molar refractivity (Wildman–Crippen MR) is 105 cm³/mol. The topological polar surface area (TPSA) is 30.5 Å². The van der Waals surface area contributed by atoms with Gasteiger partial charge in [0.05, 0.1) is 13.7 Å². The third kappa shape index (κ3) is 6.43. The van der Waals surface area contributed by atoms with Crippen LogP contribution < -0.4 is 14.8 Å². The summed E-state index contributed by atoms with van der Waals surface area (Å²) in [5.41, 5.74) is 2.57. The van der Waals surface area contributed by atoms with E-state index in [1.165, 1.54) is 11.1 Å². The molecule has 136 valence electrons. The summed E-state index contributed by atoms with van der Waals surface area (Å²) in [6, 6.07) is 17.2. The van der Waals surface area contributed by atoms with E-state index < -0.39 is 0 Å². The monoisotopic (exact) mass is 341 g/mol. The van der Waals surface area contributed by atoms with Gasteiger partial charge in [0.1, 0.15) is 0 Å². The van der Waals surface area contributed by atoms with Crippen LogP contribution >= 0.6 is 0 Å². The SMILES string of the molecule is CCCN[C@H](CC)Cc1ccc(OC)c(OCCc2ccccc2)c1. The fourth-order valence-corrected chi connectivity index (χ4v) is 2.88. The first-order chi connectivity index (χ1) is 12.3. The van der Waals surface area contributed by atoms with Crippen molar-refractivity contribution in [1.82, 2.24) is 5.32 Å². The maximum Gasteiger partial charge on any atom is 0.161 e. The highest BCUT2D eigenvalue weighted by Gasteiger charge is 2.10. The fourth-order valence-electron chi connectivity index (χ4n) is 2.88. The van der Waals surface area contributed by atoms with Crippen LogP contribution in [-0.2, 0) is 12.8 Å². The van der Waals surface area contributed by atoms with Crippen LogP contribution in [0.15, 0.2) is 48.5 Å². The lowest BCUT2D eigenvalue weighted by atomic mass is 10.0. The third-order valence-corrected chi connectivity index (χ3v) is 4.38. The number of ether oxygens (including phenoxy) is 2. The largest absolute Gasteiger partial charge is 0.493 e. The van der Waals surface area contributed by atoms with Gasteiger partial charge in [-0.15, -0.1) is 0 Å². The van der Waals surface area contributed by atoms with E-state index in [0.29, 0.717) is 12.6 Å². The molecule has 0 amide bonds. The lowest BCUT2D eigenvalue weighted by molar-refractivity contribution is 0.297. The van der Waals surface area contributed by atoms with E-state index in [1.807, 2.05) is 12.1 Å². The molecular formula is C22H31NO2. The van der Waals surface area contributed by atoms with Gasteiger partial charge >= 0.3 is 0 Å². The van der Waals surface area contributed by atoms with Crippen molar-refractivity contribution >= 4 is 0 Å². The van der Waals surface area contributed by atoms with Crippen LogP contribution in [0, 0.1) is 0 Å². The van der Waals surface area contributed by atoms with E-state index in [2.05, 4.69) is 55.6 Å². The Hall–Kier alpha value is -2.00. The van der Waals surface area contributed by atoms with Crippen LogP contribution in [0.2, 0.25) is 0 Å². The Balaban J connectivity index is 1.98. The number of rotatable bonds is 11. The average molecular weight is 341 g/mol. The van der Waals surface area contributed by atoms with E-state index in [-0.39, 0.29) is 0 Å². The molecule has 2 aromatic carbocycles. The van der Waals surface area contributed by atoms with E-state index >= 15 is 0 Å². The van der Waals surface area contributed by atoms with Crippen molar-refractivity contribution in [2.75, 3.05) is 20.3 Å². The second kappa shape index (κ2) is 10.8. The van der Waals surface area contributed by atoms with Gasteiger partial charge in [0.2, 0.25) is 0 Å². The smallest absolute Gasteiger partial charge is 0.161 e. The molecule has 0 fully saturated rings.